The average molecular weight is 298 g/mol. The van der Waals surface area contributed by atoms with Crippen LogP contribution in [-0.2, 0) is 9.59 Å². The fourth-order valence-electron chi connectivity index (χ4n) is 1.54. The van der Waals surface area contributed by atoms with Gasteiger partial charge in [-0.15, -0.1) is 0 Å². The van der Waals surface area contributed by atoms with E-state index < -0.39 is 5.97 Å². The molecule has 1 atom stereocenters. The lowest BCUT2D eigenvalue weighted by Gasteiger charge is -2.12. The number of nitrogens with one attached hydrogen (secondary N) is 2. The number of hydrogen-bond acceptors (Lipinski definition) is 4. The molecular weight excluding hydrogens is 280 g/mol. The summed E-state index contributed by atoms with van der Waals surface area (Å²) in [5.41, 5.74) is 0.588. The van der Waals surface area contributed by atoms with Crippen LogP contribution in [0.15, 0.2) is 16.8 Å². The van der Waals surface area contributed by atoms with Crippen molar-refractivity contribution < 1.29 is 19.5 Å². The number of carboxylic acid groups (broad SMARTS) is 1. The van der Waals surface area contributed by atoms with E-state index in [0.717, 1.165) is 0 Å². The summed E-state index contributed by atoms with van der Waals surface area (Å²) in [6.45, 7) is 2.01. The maximum Gasteiger partial charge on any atom is 0.303 e. The molecule has 7 heteroatoms. The number of hydrogen-bond donors (Lipinski definition) is 3. The van der Waals surface area contributed by atoms with Crippen LogP contribution in [0.5, 0.6) is 0 Å². The highest BCUT2D eigenvalue weighted by Crippen LogP contribution is 2.05. The van der Waals surface area contributed by atoms with Crippen LogP contribution in [0.3, 0.4) is 0 Å². The predicted octanol–water partition coefficient (Wildman–Crippen LogP) is 1.24. The van der Waals surface area contributed by atoms with E-state index in [2.05, 4.69) is 10.6 Å². The highest BCUT2D eigenvalue weighted by atomic mass is 32.1. The first-order valence-electron chi connectivity index (χ1n) is 6.30. The molecule has 0 saturated heterocycles. The molecule has 1 rings (SSSR count). The first-order chi connectivity index (χ1) is 9.49. The molecule has 1 heterocycles. The minimum absolute atomic E-state index is 0.0241. The molecule has 0 radical (unpaired) electrons. The summed E-state index contributed by atoms with van der Waals surface area (Å²) < 4.78 is 0. The number of thiophene rings is 1. The normalized spacial score (nSPS) is 11.7. The average Bonchev–Trinajstić information content (AvgIpc) is 2.90. The number of aliphatic carboxylic acids is 1. The Morgan fingerprint density at radius 1 is 1.35 bits per heavy atom. The lowest BCUT2D eigenvalue weighted by atomic mass is 10.2. The van der Waals surface area contributed by atoms with Gasteiger partial charge in [0.2, 0.25) is 5.91 Å². The number of carbonyl (C=O) groups is 3. The number of carboxylic acids is 1. The summed E-state index contributed by atoms with van der Waals surface area (Å²) in [6.07, 6.45) is 0.589. The summed E-state index contributed by atoms with van der Waals surface area (Å²) in [6, 6.07) is 1.53. The molecule has 0 saturated carbocycles. The van der Waals surface area contributed by atoms with E-state index in [4.69, 9.17) is 5.11 Å². The molecule has 1 aromatic heterocycles. The molecule has 0 aliphatic carbocycles. The van der Waals surface area contributed by atoms with Crippen molar-refractivity contribution in [3.8, 4) is 0 Å². The third-order valence-electron chi connectivity index (χ3n) is 2.62. The van der Waals surface area contributed by atoms with E-state index in [9.17, 15) is 14.4 Å². The van der Waals surface area contributed by atoms with E-state index >= 15 is 0 Å². The zero-order chi connectivity index (χ0) is 15.0. The quantitative estimate of drug-likeness (QED) is 0.673. The lowest BCUT2D eigenvalue weighted by Crippen LogP contribution is -2.35. The van der Waals surface area contributed by atoms with Gasteiger partial charge in [-0.25, -0.2) is 0 Å². The van der Waals surface area contributed by atoms with Gasteiger partial charge in [-0.1, -0.05) is 0 Å². The Kier molecular flexibility index (Phi) is 6.72. The first kappa shape index (κ1) is 16.2. The van der Waals surface area contributed by atoms with Gasteiger partial charge in [0.25, 0.3) is 5.91 Å². The summed E-state index contributed by atoms with van der Waals surface area (Å²) in [5, 5.41) is 17.4. The second kappa shape index (κ2) is 8.31. The van der Waals surface area contributed by atoms with Gasteiger partial charge in [-0.05, 0) is 24.8 Å². The van der Waals surface area contributed by atoms with Gasteiger partial charge in [0.1, 0.15) is 0 Å². The maximum atomic E-state index is 11.6. The monoisotopic (exact) mass is 298 g/mol. The summed E-state index contributed by atoms with van der Waals surface area (Å²) in [5.74, 6) is -1.28. The standard InChI is InChI=1S/C13H18N2O4S/c1-9(2-3-12(17)18)15-11(16)4-6-14-13(19)10-5-7-20-8-10/h5,7-9H,2-4,6H2,1H3,(H,14,19)(H,15,16)(H,17,18). The SMILES string of the molecule is CC(CCC(=O)O)NC(=O)CCNC(=O)c1ccsc1. The maximum absolute atomic E-state index is 11.6. The molecule has 0 aliphatic heterocycles. The van der Waals surface area contributed by atoms with Crippen molar-refractivity contribution in [2.75, 3.05) is 6.54 Å². The fourth-order valence-corrected chi connectivity index (χ4v) is 2.18. The molecule has 3 N–H and O–H groups in total. The Hall–Kier alpha value is -1.89. The van der Waals surface area contributed by atoms with Crippen LogP contribution in [0.4, 0.5) is 0 Å². The van der Waals surface area contributed by atoms with Gasteiger partial charge in [0.15, 0.2) is 0 Å². The van der Waals surface area contributed by atoms with Gasteiger partial charge < -0.3 is 15.7 Å². The Labute approximate surface area is 121 Å². The lowest BCUT2D eigenvalue weighted by molar-refractivity contribution is -0.137. The third kappa shape index (κ3) is 6.33. The summed E-state index contributed by atoms with van der Waals surface area (Å²) in [4.78, 5) is 33.5. The molecule has 0 fully saturated rings. The zero-order valence-electron chi connectivity index (χ0n) is 11.2. The Morgan fingerprint density at radius 3 is 2.70 bits per heavy atom. The Bertz CT molecular complexity index is 459. The van der Waals surface area contributed by atoms with Crippen LogP contribution in [0.1, 0.15) is 36.5 Å². The van der Waals surface area contributed by atoms with Crippen molar-refractivity contribution in [2.24, 2.45) is 0 Å². The Morgan fingerprint density at radius 2 is 2.10 bits per heavy atom. The molecule has 2 amide bonds. The van der Waals surface area contributed by atoms with E-state index in [1.165, 1.54) is 11.3 Å². The van der Waals surface area contributed by atoms with Crippen molar-refractivity contribution in [3.05, 3.63) is 22.4 Å². The minimum atomic E-state index is -0.880. The summed E-state index contributed by atoms with van der Waals surface area (Å²) >= 11 is 1.44. The number of rotatable bonds is 8. The van der Waals surface area contributed by atoms with Crippen molar-refractivity contribution in [1.29, 1.82) is 0 Å². The molecule has 0 aliphatic rings. The van der Waals surface area contributed by atoms with Crippen LogP contribution in [-0.4, -0.2) is 35.5 Å². The molecule has 1 aromatic rings. The van der Waals surface area contributed by atoms with Crippen LogP contribution >= 0.6 is 11.3 Å². The topological polar surface area (TPSA) is 95.5 Å². The highest BCUT2D eigenvalue weighted by Gasteiger charge is 2.10. The van der Waals surface area contributed by atoms with Gasteiger partial charge in [-0.3, -0.25) is 14.4 Å². The highest BCUT2D eigenvalue weighted by molar-refractivity contribution is 7.08. The number of amides is 2. The smallest absolute Gasteiger partial charge is 0.303 e. The van der Waals surface area contributed by atoms with Crippen molar-refractivity contribution in [2.45, 2.75) is 32.2 Å². The van der Waals surface area contributed by atoms with Gasteiger partial charge >= 0.3 is 5.97 Å². The van der Waals surface area contributed by atoms with Gasteiger partial charge in [0, 0.05) is 36.4 Å². The van der Waals surface area contributed by atoms with Gasteiger partial charge in [-0.2, -0.15) is 11.3 Å². The van der Waals surface area contributed by atoms with Crippen molar-refractivity contribution in [3.63, 3.8) is 0 Å². The molecule has 1 unspecified atom stereocenters. The molecular formula is C13H18N2O4S. The van der Waals surface area contributed by atoms with Crippen molar-refractivity contribution in [1.82, 2.24) is 10.6 Å². The van der Waals surface area contributed by atoms with E-state index in [-0.39, 0.29) is 37.2 Å². The largest absolute Gasteiger partial charge is 0.481 e. The summed E-state index contributed by atoms with van der Waals surface area (Å²) in [7, 11) is 0. The first-order valence-corrected chi connectivity index (χ1v) is 7.25. The van der Waals surface area contributed by atoms with Crippen LogP contribution in [0, 0.1) is 0 Å². The molecule has 20 heavy (non-hydrogen) atoms. The number of carbonyl (C=O) groups excluding carboxylic acids is 2. The molecule has 0 aromatic carbocycles. The predicted molar refractivity (Wildman–Crippen MR) is 75.7 cm³/mol. The molecule has 0 bridgehead atoms. The molecule has 110 valence electrons. The third-order valence-corrected chi connectivity index (χ3v) is 3.30. The Balaban J connectivity index is 2.17. The van der Waals surface area contributed by atoms with E-state index in [0.29, 0.717) is 12.0 Å². The fraction of sp³-hybridized carbons (Fsp3) is 0.462. The van der Waals surface area contributed by atoms with Crippen LogP contribution in [0.25, 0.3) is 0 Å². The van der Waals surface area contributed by atoms with Crippen LogP contribution in [0.2, 0.25) is 0 Å². The molecule has 6 nitrogen and oxygen atoms in total. The van der Waals surface area contributed by atoms with Crippen molar-refractivity contribution >= 4 is 29.1 Å². The van der Waals surface area contributed by atoms with Gasteiger partial charge in [0.05, 0.1) is 0 Å². The molecule has 0 spiro atoms. The minimum Gasteiger partial charge on any atom is -0.481 e. The second-order valence-corrected chi connectivity index (χ2v) is 5.20. The van der Waals surface area contributed by atoms with E-state index in [1.807, 2.05) is 5.38 Å². The zero-order valence-corrected chi connectivity index (χ0v) is 12.0. The second-order valence-electron chi connectivity index (χ2n) is 4.42. The van der Waals surface area contributed by atoms with Crippen LogP contribution < -0.4 is 10.6 Å². The van der Waals surface area contributed by atoms with E-state index in [1.54, 1.807) is 18.4 Å².